The molecule has 6 heteroatoms. The first-order valence-electron chi connectivity index (χ1n) is 6.75. The molecule has 2 aromatic carbocycles. The van der Waals surface area contributed by atoms with Crippen LogP contribution < -0.4 is 4.72 Å². The number of sulfonamides is 1. The summed E-state index contributed by atoms with van der Waals surface area (Å²) >= 11 is 0. The second kappa shape index (κ2) is 5.65. The molecule has 0 aliphatic rings. The molecule has 0 bridgehead atoms. The summed E-state index contributed by atoms with van der Waals surface area (Å²) in [5.74, 6) is 0. The molecule has 0 saturated carbocycles. The van der Waals surface area contributed by atoms with Gasteiger partial charge in [-0.15, -0.1) is 0 Å². The Labute approximate surface area is 129 Å². The van der Waals surface area contributed by atoms with Crippen LogP contribution in [-0.4, -0.2) is 18.2 Å². The molecule has 0 aliphatic carbocycles. The van der Waals surface area contributed by atoms with Crippen LogP contribution in [0.15, 0.2) is 71.9 Å². The predicted molar refractivity (Wildman–Crippen MR) is 85.6 cm³/mol. The van der Waals surface area contributed by atoms with Crippen molar-refractivity contribution in [3.8, 4) is 5.69 Å². The van der Waals surface area contributed by atoms with Gasteiger partial charge in [-0.2, -0.15) is 5.10 Å². The van der Waals surface area contributed by atoms with Crippen molar-refractivity contribution in [1.29, 1.82) is 0 Å². The highest BCUT2D eigenvalue weighted by Gasteiger charge is 2.16. The van der Waals surface area contributed by atoms with Crippen molar-refractivity contribution in [2.75, 3.05) is 4.72 Å². The highest BCUT2D eigenvalue weighted by atomic mass is 32.2. The van der Waals surface area contributed by atoms with E-state index in [-0.39, 0.29) is 4.90 Å². The molecule has 0 aliphatic heterocycles. The van der Waals surface area contributed by atoms with Crippen molar-refractivity contribution in [3.05, 3.63) is 72.6 Å². The van der Waals surface area contributed by atoms with E-state index >= 15 is 0 Å². The van der Waals surface area contributed by atoms with E-state index in [1.165, 1.54) is 0 Å². The maximum absolute atomic E-state index is 12.5. The number of nitrogens with one attached hydrogen (secondary N) is 1. The van der Waals surface area contributed by atoms with Gasteiger partial charge in [0.1, 0.15) is 0 Å². The van der Waals surface area contributed by atoms with Crippen molar-refractivity contribution in [2.24, 2.45) is 0 Å². The summed E-state index contributed by atoms with van der Waals surface area (Å²) in [5.41, 5.74) is 2.16. The lowest BCUT2D eigenvalue weighted by Gasteiger charge is -2.12. The topological polar surface area (TPSA) is 64.0 Å². The van der Waals surface area contributed by atoms with Gasteiger partial charge in [0.25, 0.3) is 10.0 Å². The zero-order valence-electron chi connectivity index (χ0n) is 12.0. The molecule has 3 rings (SSSR count). The van der Waals surface area contributed by atoms with Crippen LogP contribution in [-0.2, 0) is 10.0 Å². The maximum Gasteiger partial charge on any atom is 0.261 e. The van der Waals surface area contributed by atoms with E-state index in [0.717, 1.165) is 5.56 Å². The Morgan fingerprint density at radius 2 is 1.73 bits per heavy atom. The molecule has 3 aromatic rings. The Balaban J connectivity index is 1.98. The Morgan fingerprint density at radius 3 is 2.41 bits per heavy atom. The predicted octanol–water partition coefficient (Wildman–Crippen LogP) is 2.98. The van der Waals surface area contributed by atoms with Gasteiger partial charge in [-0.25, -0.2) is 13.1 Å². The van der Waals surface area contributed by atoms with E-state index < -0.39 is 10.0 Å². The first-order chi connectivity index (χ1) is 10.6. The quantitative estimate of drug-likeness (QED) is 0.805. The standard InChI is InChI=1S/C16H15N3O2S/c1-13-7-9-14(10-8-13)22(20,21)18-15-5-2-3-6-16(15)19-12-4-11-17-19/h2-12,18H,1H3. The van der Waals surface area contributed by atoms with E-state index in [4.69, 9.17) is 0 Å². The van der Waals surface area contributed by atoms with Gasteiger partial charge in [-0.3, -0.25) is 4.72 Å². The molecule has 0 radical (unpaired) electrons. The summed E-state index contributed by atoms with van der Waals surface area (Å²) in [6.07, 6.45) is 3.41. The fourth-order valence-electron chi connectivity index (χ4n) is 2.09. The molecular formula is C16H15N3O2S. The van der Waals surface area contributed by atoms with Gasteiger partial charge in [-0.05, 0) is 37.3 Å². The van der Waals surface area contributed by atoms with Crippen LogP contribution >= 0.6 is 0 Å². The third-order valence-corrected chi connectivity index (χ3v) is 4.61. The van der Waals surface area contributed by atoms with Gasteiger partial charge in [0.05, 0.1) is 16.3 Å². The summed E-state index contributed by atoms with van der Waals surface area (Å²) in [4.78, 5) is 0.230. The molecule has 22 heavy (non-hydrogen) atoms. The van der Waals surface area contributed by atoms with Crippen LogP contribution in [0.1, 0.15) is 5.56 Å². The summed E-state index contributed by atoms with van der Waals surface area (Å²) in [6, 6.07) is 15.6. The fraction of sp³-hybridized carbons (Fsp3) is 0.0625. The molecule has 5 nitrogen and oxygen atoms in total. The number of anilines is 1. The minimum atomic E-state index is -3.63. The highest BCUT2D eigenvalue weighted by molar-refractivity contribution is 7.92. The lowest BCUT2D eigenvalue weighted by Crippen LogP contribution is -2.14. The van der Waals surface area contributed by atoms with Gasteiger partial charge in [0.15, 0.2) is 0 Å². The van der Waals surface area contributed by atoms with Gasteiger partial charge < -0.3 is 0 Å². The number of para-hydroxylation sites is 2. The van der Waals surface area contributed by atoms with Crippen molar-refractivity contribution in [2.45, 2.75) is 11.8 Å². The number of aromatic nitrogens is 2. The molecule has 0 atom stereocenters. The van der Waals surface area contributed by atoms with Crippen molar-refractivity contribution in [3.63, 3.8) is 0 Å². The van der Waals surface area contributed by atoms with Crippen LogP contribution in [0, 0.1) is 6.92 Å². The molecule has 1 N–H and O–H groups in total. The number of hydrogen-bond acceptors (Lipinski definition) is 3. The number of nitrogens with zero attached hydrogens (tertiary/aromatic N) is 2. The smallest absolute Gasteiger partial charge is 0.261 e. The van der Waals surface area contributed by atoms with E-state index in [2.05, 4.69) is 9.82 Å². The van der Waals surface area contributed by atoms with Crippen molar-refractivity contribution in [1.82, 2.24) is 9.78 Å². The summed E-state index contributed by atoms with van der Waals surface area (Å²) in [7, 11) is -3.63. The van der Waals surface area contributed by atoms with Gasteiger partial charge in [0, 0.05) is 12.4 Å². The second-order valence-corrected chi connectivity index (χ2v) is 6.57. The number of benzene rings is 2. The minimum Gasteiger partial charge on any atom is -0.277 e. The zero-order valence-corrected chi connectivity index (χ0v) is 12.8. The zero-order chi connectivity index (χ0) is 15.6. The highest BCUT2D eigenvalue weighted by Crippen LogP contribution is 2.22. The fourth-order valence-corrected chi connectivity index (χ4v) is 3.17. The second-order valence-electron chi connectivity index (χ2n) is 4.89. The van der Waals surface area contributed by atoms with Gasteiger partial charge >= 0.3 is 0 Å². The van der Waals surface area contributed by atoms with E-state index in [0.29, 0.717) is 11.4 Å². The van der Waals surface area contributed by atoms with Crippen molar-refractivity contribution >= 4 is 15.7 Å². The largest absolute Gasteiger partial charge is 0.277 e. The molecule has 1 aromatic heterocycles. The molecule has 0 amide bonds. The Kier molecular flexibility index (Phi) is 3.68. The molecule has 0 fully saturated rings. The normalized spacial score (nSPS) is 11.3. The summed E-state index contributed by atoms with van der Waals surface area (Å²) in [5, 5.41) is 4.14. The molecule has 112 valence electrons. The van der Waals surface area contributed by atoms with Gasteiger partial charge in [0.2, 0.25) is 0 Å². The van der Waals surface area contributed by atoms with E-state index in [1.54, 1.807) is 65.6 Å². The first kappa shape index (κ1) is 14.3. The lowest BCUT2D eigenvalue weighted by molar-refractivity contribution is 0.601. The van der Waals surface area contributed by atoms with Gasteiger partial charge in [-0.1, -0.05) is 29.8 Å². The lowest BCUT2D eigenvalue weighted by atomic mass is 10.2. The molecule has 0 spiro atoms. The first-order valence-corrected chi connectivity index (χ1v) is 8.23. The minimum absolute atomic E-state index is 0.230. The van der Waals surface area contributed by atoms with Crippen LogP contribution in [0.4, 0.5) is 5.69 Å². The molecule has 1 heterocycles. The van der Waals surface area contributed by atoms with E-state index in [1.807, 2.05) is 13.0 Å². The Hall–Kier alpha value is -2.60. The molecule has 0 saturated heterocycles. The number of rotatable bonds is 4. The summed E-state index contributed by atoms with van der Waals surface area (Å²) < 4.78 is 29.2. The van der Waals surface area contributed by atoms with E-state index in [9.17, 15) is 8.42 Å². The Morgan fingerprint density at radius 1 is 1.00 bits per heavy atom. The third-order valence-electron chi connectivity index (χ3n) is 3.23. The average molecular weight is 313 g/mol. The maximum atomic E-state index is 12.5. The van der Waals surface area contributed by atoms with Crippen LogP contribution in [0.3, 0.4) is 0 Å². The monoisotopic (exact) mass is 313 g/mol. The SMILES string of the molecule is Cc1ccc(S(=O)(=O)Nc2ccccc2-n2cccn2)cc1. The van der Waals surface area contributed by atoms with Crippen LogP contribution in [0.5, 0.6) is 0 Å². The van der Waals surface area contributed by atoms with Crippen molar-refractivity contribution < 1.29 is 8.42 Å². The third kappa shape index (κ3) is 2.87. The average Bonchev–Trinajstić information content (AvgIpc) is 3.02. The molecule has 0 unspecified atom stereocenters. The summed E-state index contributed by atoms with van der Waals surface area (Å²) in [6.45, 7) is 1.91. The number of aryl methyl sites for hydroxylation is 1. The Bertz CT molecular complexity index is 870. The number of hydrogen-bond donors (Lipinski definition) is 1. The molecular weight excluding hydrogens is 298 g/mol. The van der Waals surface area contributed by atoms with Crippen LogP contribution in [0.25, 0.3) is 5.69 Å². The van der Waals surface area contributed by atoms with Crippen LogP contribution in [0.2, 0.25) is 0 Å².